The fourth-order valence-electron chi connectivity index (χ4n) is 0.984. The lowest BCUT2D eigenvalue weighted by atomic mass is 10.2. The van der Waals surface area contributed by atoms with E-state index in [9.17, 15) is 9.59 Å². The number of thioether (sulfide) groups is 1. The van der Waals surface area contributed by atoms with E-state index in [2.05, 4.69) is 0 Å². The molecule has 0 aromatic rings. The van der Waals surface area contributed by atoms with Crippen molar-refractivity contribution in [2.24, 2.45) is 0 Å². The molecule has 0 saturated carbocycles. The third kappa shape index (κ3) is 2.62. The van der Waals surface area contributed by atoms with Gasteiger partial charge in [-0.2, -0.15) is 11.8 Å². The summed E-state index contributed by atoms with van der Waals surface area (Å²) in [6, 6.07) is 0. The molecular formula is C8H12O4S. The van der Waals surface area contributed by atoms with Gasteiger partial charge in [-0.25, -0.2) is 9.59 Å². The molecular weight excluding hydrogens is 192 g/mol. The molecule has 0 bridgehead atoms. The van der Waals surface area contributed by atoms with Crippen LogP contribution >= 0.6 is 11.8 Å². The highest BCUT2D eigenvalue weighted by Gasteiger charge is 2.34. The van der Waals surface area contributed by atoms with Crippen LogP contribution in [0.1, 0.15) is 13.3 Å². The molecule has 1 fully saturated rings. The van der Waals surface area contributed by atoms with Crippen molar-refractivity contribution >= 4 is 23.7 Å². The lowest BCUT2D eigenvalue weighted by Crippen LogP contribution is -2.42. The van der Waals surface area contributed by atoms with Crippen LogP contribution in [0.25, 0.3) is 0 Å². The molecule has 0 aliphatic carbocycles. The van der Waals surface area contributed by atoms with Crippen LogP contribution in [0.2, 0.25) is 0 Å². The summed E-state index contributed by atoms with van der Waals surface area (Å²) in [7, 11) is 0. The quantitative estimate of drug-likeness (QED) is 0.630. The summed E-state index contributed by atoms with van der Waals surface area (Å²) in [4.78, 5) is 22.2. The standard InChI is InChI=1S/C8H12O4S/c1-5-7(9)12-6(3-4-13-2)8(10)11-5/h5-6H,3-4H2,1-2H3/t5-,6-/m0/s1. The molecule has 13 heavy (non-hydrogen) atoms. The minimum Gasteiger partial charge on any atom is -0.448 e. The number of cyclic esters (lactones) is 2. The van der Waals surface area contributed by atoms with Crippen LogP contribution in [0.4, 0.5) is 0 Å². The third-order valence-electron chi connectivity index (χ3n) is 1.73. The van der Waals surface area contributed by atoms with Gasteiger partial charge in [-0.3, -0.25) is 0 Å². The van der Waals surface area contributed by atoms with Gasteiger partial charge in [0.05, 0.1) is 0 Å². The molecule has 5 heteroatoms. The molecule has 0 radical (unpaired) electrons. The van der Waals surface area contributed by atoms with Crippen LogP contribution in [0, 0.1) is 0 Å². The van der Waals surface area contributed by atoms with E-state index in [-0.39, 0.29) is 0 Å². The molecule has 0 aromatic carbocycles. The second kappa shape index (κ2) is 4.50. The lowest BCUT2D eigenvalue weighted by Gasteiger charge is -2.25. The highest BCUT2D eigenvalue weighted by molar-refractivity contribution is 7.98. The number of carbonyl (C=O) groups excluding carboxylic acids is 2. The SMILES string of the molecule is CSCC[C@@H]1OC(=O)[C@H](C)OC1=O. The monoisotopic (exact) mass is 204 g/mol. The van der Waals surface area contributed by atoms with Gasteiger partial charge in [0.1, 0.15) is 0 Å². The molecule has 4 nitrogen and oxygen atoms in total. The number of rotatable bonds is 3. The van der Waals surface area contributed by atoms with Crippen molar-refractivity contribution in [3.8, 4) is 0 Å². The van der Waals surface area contributed by atoms with Gasteiger partial charge in [0.25, 0.3) is 0 Å². The van der Waals surface area contributed by atoms with Gasteiger partial charge >= 0.3 is 11.9 Å². The fourth-order valence-corrected chi connectivity index (χ4v) is 1.43. The van der Waals surface area contributed by atoms with Crippen molar-refractivity contribution in [3.05, 3.63) is 0 Å². The van der Waals surface area contributed by atoms with Crippen LogP contribution in [-0.4, -0.2) is 36.2 Å². The predicted molar refractivity (Wildman–Crippen MR) is 48.4 cm³/mol. The Morgan fingerprint density at radius 2 is 2.00 bits per heavy atom. The van der Waals surface area contributed by atoms with Crippen LogP contribution in [0.3, 0.4) is 0 Å². The summed E-state index contributed by atoms with van der Waals surface area (Å²) in [6.45, 7) is 1.50. The van der Waals surface area contributed by atoms with Crippen molar-refractivity contribution in [3.63, 3.8) is 0 Å². The Bertz CT molecular complexity index is 216. The number of carbonyl (C=O) groups is 2. The van der Waals surface area contributed by atoms with Crippen LogP contribution in [-0.2, 0) is 19.1 Å². The first-order valence-corrected chi connectivity index (χ1v) is 5.44. The first-order valence-electron chi connectivity index (χ1n) is 4.05. The maximum atomic E-state index is 11.1. The largest absolute Gasteiger partial charge is 0.448 e. The fraction of sp³-hybridized carbons (Fsp3) is 0.750. The molecule has 1 saturated heterocycles. The highest BCUT2D eigenvalue weighted by Crippen LogP contribution is 2.14. The van der Waals surface area contributed by atoms with Crippen molar-refractivity contribution < 1.29 is 19.1 Å². The smallest absolute Gasteiger partial charge is 0.348 e. The molecule has 1 aliphatic heterocycles. The van der Waals surface area contributed by atoms with Gasteiger partial charge in [-0.05, 0) is 18.9 Å². The number of ether oxygens (including phenoxy) is 2. The minimum absolute atomic E-state index is 0.429. The van der Waals surface area contributed by atoms with E-state index in [4.69, 9.17) is 9.47 Å². The summed E-state index contributed by atoms with van der Waals surface area (Å²) in [5, 5.41) is 0. The van der Waals surface area contributed by atoms with Gasteiger partial charge in [0, 0.05) is 6.42 Å². The van der Waals surface area contributed by atoms with Crippen molar-refractivity contribution in [1.82, 2.24) is 0 Å². The first-order chi connectivity index (χ1) is 6.15. The molecule has 0 N–H and O–H groups in total. The molecule has 0 amide bonds. The zero-order chi connectivity index (χ0) is 9.84. The topological polar surface area (TPSA) is 52.6 Å². The zero-order valence-electron chi connectivity index (χ0n) is 7.61. The Labute approximate surface area is 81.0 Å². The summed E-state index contributed by atoms with van der Waals surface area (Å²) in [5.41, 5.74) is 0. The molecule has 1 aliphatic rings. The van der Waals surface area contributed by atoms with Crippen LogP contribution < -0.4 is 0 Å². The van der Waals surface area contributed by atoms with E-state index in [0.717, 1.165) is 5.75 Å². The Balaban J connectivity index is 2.46. The Morgan fingerprint density at radius 1 is 1.31 bits per heavy atom. The van der Waals surface area contributed by atoms with Crippen molar-refractivity contribution in [2.45, 2.75) is 25.6 Å². The van der Waals surface area contributed by atoms with Gasteiger partial charge in [-0.15, -0.1) is 0 Å². The summed E-state index contributed by atoms with van der Waals surface area (Å²) in [5.74, 6) is -0.103. The summed E-state index contributed by atoms with van der Waals surface area (Å²) >= 11 is 1.60. The van der Waals surface area contributed by atoms with E-state index in [0.29, 0.717) is 6.42 Å². The second-order valence-electron chi connectivity index (χ2n) is 2.79. The maximum Gasteiger partial charge on any atom is 0.348 e. The van der Waals surface area contributed by atoms with Gasteiger partial charge < -0.3 is 9.47 Å². The normalized spacial score (nSPS) is 28.2. The maximum absolute atomic E-state index is 11.1. The average molecular weight is 204 g/mol. The van der Waals surface area contributed by atoms with E-state index >= 15 is 0 Å². The molecule has 74 valence electrons. The summed E-state index contributed by atoms with van der Waals surface area (Å²) < 4.78 is 9.67. The minimum atomic E-state index is -0.752. The molecule has 0 spiro atoms. The number of hydrogen-bond donors (Lipinski definition) is 0. The number of esters is 2. The third-order valence-corrected chi connectivity index (χ3v) is 2.37. The molecule has 0 aromatic heterocycles. The Hall–Kier alpha value is -0.710. The van der Waals surface area contributed by atoms with E-state index < -0.39 is 24.1 Å². The van der Waals surface area contributed by atoms with Gasteiger partial charge in [0.2, 0.25) is 0 Å². The van der Waals surface area contributed by atoms with Crippen molar-refractivity contribution in [2.75, 3.05) is 12.0 Å². The van der Waals surface area contributed by atoms with E-state index in [1.54, 1.807) is 11.8 Å². The lowest BCUT2D eigenvalue weighted by molar-refractivity contribution is -0.193. The predicted octanol–water partition coefficient (Wildman–Crippen LogP) is 0.597. The average Bonchev–Trinajstić information content (AvgIpc) is 2.09. The van der Waals surface area contributed by atoms with Gasteiger partial charge in [-0.1, -0.05) is 0 Å². The van der Waals surface area contributed by atoms with E-state index in [1.165, 1.54) is 6.92 Å². The number of hydrogen-bond acceptors (Lipinski definition) is 5. The Kier molecular flexibility index (Phi) is 3.59. The first kappa shape index (κ1) is 10.4. The van der Waals surface area contributed by atoms with Crippen LogP contribution in [0.5, 0.6) is 0 Å². The summed E-state index contributed by atoms with van der Waals surface area (Å²) in [6.07, 6.45) is 1.01. The van der Waals surface area contributed by atoms with E-state index in [1.807, 2.05) is 6.26 Å². The van der Waals surface area contributed by atoms with Crippen LogP contribution in [0.15, 0.2) is 0 Å². The Morgan fingerprint density at radius 3 is 2.62 bits per heavy atom. The zero-order valence-corrected chi connectivity index (χ0v) is 8.43. The molecule has 0 unspecified atom stereocenters. The molecule has 1 rings (SSSR count). The second-order valence-corrected chi connectivity index (χ2v) is 3.77. The highest BCUT2D eigenvalue weighted by atomic mass is 32.2. The van der Waals surface area contributed by atoms with Gasteiger partial charge in [0.15, 0.2) is 12.2 Å². The van der Waals surface area contributed by atoms with Crippen molar-refractivity contribution in [1.29, 1.82) is 0 Å². The molecule has 1 heterocycles. The molecule has 2 atom stereocenters.